The van der Waals surface area contributed by atoms with Crippen molar-refractivity contribution in [2.45, 2.75) is 12.5 Å². The summed E-state index contributed by atoms with van der Waals surface area (Å²) in [6.07, 6.45) is 1.71. The number of aliphatic carboxylic acids is 1. The average Bonchev–Trinajstić information content (AvgIpc) is 2.97. The first kappa shape index (κ1) is 17.8. The summed E-state index contributed by atoms with van der Waals surface area (Å²) in [5, 5.41) is 10.1. The maximum absolute atomic E-state index is 11.3. The zero-order valence-corrected chi connectivity index (χ0v) is 13.8. The number of benzene rings is 2. The van der Waals surface area contributed by atoms with E-state index in [4.69, 9.17) is 10.5 Å². The minimum Gasteiger partial charge on any atom is -0.489 e. The van der Waals surface area contributed by atoms with Crippen LogP contribution >= 0.6 is 12.4 Å². The molecule has 5 nitrogen and oxygen atoms in total. The quantitative estimate of drug-likeness (QED) is 0.639. The molecule has 24 heavy (non-hydrogen) atoms. The molecule has 4 N–H and O–H groups in total. The van der Waals surface area contributed by atoms with Crippen LogP contribution in [0.1, 0.15) is 17.0 Å². The monoisotopic (exact) mass is 346 g/mol. The van der Waals surface area contributed by atoms with Crippen LogP contribution in [0.4, 0.5) is 0 Å². The predicted molar refractivity (Wildman–Crippen MR) is 95.8 cm³/mol. The molecule has 1 atom stereocenters. The van der Waals surface area contributed by atoms with Crippen molar-refractivity contribution in [3.05, 3.63) is 65.9 Å². The standard InChI is InChI=1S/C18H18N2O3.ClH/c19-9-15(18(21)22)16-10-20-17-7-6-13(8-14(16)17)23-11-12-4-2-1-3-5-12;/h1-8,10,15,20H,9,11,19H2,(H,21,22);1H/t15-;/m0./s1. The Bertz CT molecular complexity index is 818. The Labute approximate surface area is 145 Å². The van der Waals surface area contributed by atoms with E-state index >= 15 is 0 Å². The Morgan fingerprint density at radius 1 is 1.21 bits per heavy atom. The third kappa shape index (κ3) is 3.69. The molecule has 1 heterocycles. The van der Waals surface area contributed by atoms with Crippen molar-refractivity contribution in [3.8, 4) is 5.75 Å². The molecule has 1 aromatic heterocycles. The number of halogens is 1. The van der Waals surface area contributed by atoms with Gasteiger partial charge in [-0.25, -0.2) is 0 Å². The zero-order chi connectivity index (χ0) is 16.2. The number of carbonyl (C=O) groups is 1. The van der Waals surface area contributed by atoms with Crippen molar-refractivity contribution in [2.75, 3.05) is 6.54 Å². The van der Waals surface area contributed by atoms with Crippen LogP contribution in [-0.4, -0.2) is 22.6 Å². The van der Waals surface area contributed by atoms with Crippen LogP contribution in [-0.2, 0) is 11.4 Å². The predicted octanol–water partition coefficient (Wildman–Crippen LogP) is 3.30. The molecule has 3 rings (SSSR count). The fourth-order valence-corrected chi connectivity index (χ4v) is 2.60. The van der Waals surface area contributed by atoms with Gasteiger partial charge in [0.1, 0.15) is 12.4 Å². The summed E-state index contributed by atoms with van der Waals surface area (Å²) in [4.78, 5) is 14.4. The number of aromatic amines is 1. The Balaban J connectivity index is 0.00000208. The van der Waals surface area contributed by atoms with Gasteiger partial charge in [-0.2, -0.15) is 0 Å². The van der Waals surface area contributed by atoms with Gasteiger partial charge >= 0.3 is 5.97 Å². The number of aromatic nitrogens is 1. The number of ether oxygens (including phenoxy) is 1. The lowest BCUT2D eigenvalue weighted by molar-refractivity contribution is -0.138. The van der Waals surface area contributed by atoms with Gasteiger partial charge in [-0.15, -0.1) is 12.4 Å². The SMILES string of the molecule is Cl.NC[C@H](C(=O)O)c1c[nH]c2ccc(OCc3ccccc3)cc12. The molecule has 0 bridgehead atoms. The molecule has 0 fully saturated rings. The summed E-state index contributed by atoms with van der Waals surface area (Å²) in [6.45, 7) is 0.517. The summed E-state index contributed by atoms with van der Waals surface area (Å²) >= 11 is 0. The minimum absolute atomic E-state index is 0. The Kier molecular flexibility index (Phi) is 5.84. The molecule has 0 aliphatic rings. The summed E-state index contributed by atoms with van der Waals surface area (Å²) in [5.41, 5.74) is 8.23. The maximum atomic E-state index is 11.3. The molecule has 126 valence electrons. The molecule has 0 spiro atoms. The number of carboxylic acids is 1. The first-order chi connectivity index (χ1) is 11.2. The van der Waals surface area contributed by atoms with Gasteiger partial charge in [0.15, 0.2) is 0 Å². The Morgan fingerprint density at radius 2 is 1.96 bits per heavy atom. The third-order valence-corrected chi connectivity index (χ3v) is 3.84. The van der Waals surface area contributed by atoms with Crippen molar-refractivity contribution in [2.24, 2.45) is 5.73 Å². The lowest BCUT2D eigenvalue weighted by Gasteiger charge is -2.10. The molecule has 2 aromatic carbocycles. The second-order valence-electron chi connectivity index (χ2n) is 5.35. The average molecular weight is 347 g/mol. The van der Waals surface area contributed by atoms with Crippen LogP contribution in [0.3, 0.4) is 0 Å². The van der Waals surface area contributed by atoms with Gasteiger partial charge in [-0.1, -0.05) is 30.3 Å². The number of nitrogens with two attached hydrogens (primary N) is 1. The number of hydrogen-bond acceptors (Lipinski definition) is 3. The van der Waals surface area contributed by atoms with Crippen LogP contribution < -0.4 is 10.5 Å². The summed E-state index contributed by atoms with van der Waals surface area (Å²) in [5.74, 6) is -0.958. The Hall–Kier alpha value is -2.50. The van der Waals surface area contributed by atoms with Gasteiger partial charge in [0, 0.05) is 23.6 Å². The van der Waals surface area contributed by atoms with Gasteiger partial charge < -0.3 is 20.6 Å². The number of fused-ring (bicyclic) bond motifs is 1. The molecular formula is C18H19ClN2O3. The smallest absolute Gasteiger partial charge is 0.312 e. The highest BCUT2D eigenvalue weighted by Crippen LogP contribution is 2.29. The van der Waals surface area contributed by atoms with Gasteiger partial charge in [-0.3, -0.25) is 4.79 Å². The van der Waals surface area contributed by atoms with E-state index in [1.807, 2.05) is 48.5 Å². The highest BCUT2D eigenvalue weighted by molar-refractivity contribution is 5.90. The maximum Gasteiger partial charge on any atom is 0.312 e. The van der Waals surface area contributed by atoms with Crippen molar-refractivity contribution < 1.29 is 14.6 Å². The first-order valence-corrected chi connectivity index (χ1v) is 7.39. The van der Waals surface area contributed by atoms with Gasteiger partial charge in [0.05, 0.1) is 5.92 Å². The summed E-state index contributed by atoms with van der Waals surface area (Å²) in [7, 11) is 0. The molecular weight excluding hydrogens is 328 g/mol. The van der Waals surface area contributed by atoms with E-state index in [9.17, 15) is 9.90 Å². The van der Waals surface area contributed by atoms with E-state index in [0.29, 0.717) is 17.9 Å². The van der Waals surface area contributed by atoms with Crippen LogP contribution in [0.2, 0.25) is 0 Å². The van der Waals surface area contributed by atoms with Gasteiger partial charge in [0.25, 0.3) is 0 Å². The van der Waals surface area contributed by atoms with E-state index in [0.717, 1.165) is 16.5 Å². The van der Waals surface area contributed by atoms with Gasteiger partial charge in [0.2, 0.25) is 0 Å². The molecule has 0 aliphatic heterocycles. The Morgan fingerprint density at radius 3 is 2.62 bits per heavy atom. The van der Waals surface area contributed by atoms with E-state index in [-0.39, 0.29) is 19.0 Å². The van der Waals surface area contributed by atoms with Crippen molar-refractivity contribution in [1.29, 1.82) is 0 Å². The number of nitrogens with one attached hydrogen (secondary N) is 1. The second kappa shape index (κ2) is 7.86. The van der Waals surface area contributed by atoms with Crippen molar-refractivity contribution in [1.82, 2.24) is 4.98 Å². The largest absolute Gasteiger partial charge is 0.489 e. The van der Waals surface area contributed by atoms with Crippen molar-refractivity contribution >= 4 is 29.3 Å². The fraction of sp³-hybridized carbons (Fsp3) is 0.167. The number of carboxylic acid groups (broad SMARTS) is 1. The van der Waals surface area contributed by atoms with Crippen LogP contribution in [0.15, 0.2) is 54.7 Å². The normalized spacial score (nSPS) is 11.7. The van der Waals surface area contributed by atoms with Crippen LogP contribution in [0, 0.1) is 0 Å². The fourth-order valence-electron chi connectivity index (χ4n) is 2.60. The number of H-pyrrole nitrogens is 1. The molecule has 0 amide bonds. The topological polar surface area (TPSA) is 88.3 Å². The van der Waals surface area contributed by atoms with Gasteiger partial charge in [-0.05, 0) is 29.3 Å². The van der Waals surface area contributed by atoms with Crippen molar-refractivity contribution in [3.63, 3.8) is 0 Å². The highest BCUT2D eigenvalue weighted by atomic mass is 35.5. The molecule has 0 saturated carbocycles. The molecule has 0 radical (unpaired) electrons. The second-order valence-corrected chi connectivity index (χ2v) is 5.35. The summed E-state index contributed by atoms with van der Waals surface area (Å²) in [6, 6.07) is 15.5. The van der Waals surface area contributed by atoms with Crippen LogP contribution in [0.5, 0.6) is 5.75 Å². The highest BCUT2D eigenvalue weighted by Gasteiger charge is 2.21. The van der Waals surface area contributed by atoms with E-state index in [2.05, 4.69) is 4.98 Å². The molecule has 0 aliphatic carbocycles. The molecule has 0 unspecified atom stereocenters. The lowest BCUT2D eigenvalue weighted by atomic mass is 9.99. The number of hydrogen-bond donors (Lipinski definition) is 3. The minimum atomic E-state index is -0.927. The molecule has 3 aromatic rings. The van der Waals surface area contributed by atoms with Crippen LogP contribution in [0.25, 0.3) is 10.9 Å². The van der Waals surface area contributed by atoms with E-state index < -0.39 is 11.9 Å². The third-order valence-electron chi connectivity index (χ3n) is 3.84. The molecule has 6 heteroatoms. The first-order valence-electron chi connectivity index (χ1n) is 7.39. The van der Waals surface area contributed by atoms with E-state index in [1.54, 1.807) is 6.20 Å². The zero-order valence-electron chi connectivity index (χ0n) is 12.9. The summed E-state index contributed by atoms with van der Waals surface area (Å²) < 4.78 is 5.81. The molecule has 0 saturated heterocycles. The van der Waals surface area contributed by atoms with E-state index in [1.165, 1.54) is 0 Å². The lowest BCUT2D eigenvalue weighted by Crippen LogP contribution is -2.20. The number of rotatable bonds is 6.